The first-order valence-corrected chi connectivity index (χ1v) is 10.2. The molecule has 0 fully saturated rings. The average molecular weight is 430 g/mol. The van der Waals surface area contributed by atoms with E-state index in [0.717, 1.165) is 29.1 Å². The van der Waals surface area contributed by atoms with Crippen LogP contribution in [0.25, 0.3) is 0 Å². The van der Waals surface area contributed by atoms with E-state index in [2.05, 4.69) is 0 Å². The molecule has 158 valence electrons. The molecule has 1 aliphatic rings. The molecule has 0 aliphatic carbocycles. The fourth-order valence-electron chi connectivity index (χ4n) is 3.27. The number of hydroxylamine groups is 1. The number of hydrogen-bond acceptors (Lipinski definition) is 6. The van der Waals surface area contributed by atoms with Crippen LogP contribution < -0.4 is 15.1 Å². The SMILES string of the molecule is COc1ccc(CCC[C@H]2Sc3ccc(C(=O)O)cc3N(CC(=O)NO)C2=O)cc1. The number of methoxy groups -OCH3 is 1. The summed E-state index contributed by atoms with van der Waals surface area (Å²) >= 11 is 1.37. The van der Waals surface area contributed by atoms with Gasteiger partial charge in [0.05, 0.1) is 23.6 Å². The van der Waals surface area contributed by atoms with Gasteiger partial charge in [-0.2, -0.15) is 0 Å². The summed E-state index contributed by atoms with van der Waals surface area (Å²) in [6.07, 6.45) is 2.14. The van der Waals surface area contributed by atoms with E-state index in [1.165, 1.54) is 34.3 Å². The van der Waals surface area contributed by atoms with E-state index < -0.39 is 17.1 Å². The highest BCUT2D eigenvalue weighted by Crippen LogP contribution is 2.41. The van der Waals surface area contributed by atoms with Crippen LogP contribution in [0, 0.1) is 0 Å². The van der Waals surface area contributed by atoms with E-state index in [4.69, 9.17) is 9.94 Å². The minimum atomic E-state index is -1.12. The molecule has 0 aromatic heterocycles. The number of anilines is 1. The maximum absolute atomic E-state index is 13.0. The molecule has 0 bridgehead atoms. The van der Waals surface area contributed by atoms with Crippen molar-refractivity contribution in [1.82, 2.24) is 5.48 Å². The third-order valence-electron chi connectivity index (χ3n) is 4.82. The number of carbonyl (C=O) groups excluding carboxylic acids is 2. The Labute approximate surface area is 177 Å². The zero-order valence-electron chi connectivity index (χ0n) is 16.3. The Balaban J connectivity index is 1.75. The smallest absolute Gasteiger partial charge is 0.335 e. The van der Waals surface area contributed by atoms with E-state index in [-0.39, 0.29) is 18.0 Å². The Hall–Kier alpha value is -3.04. The van der Waals surface area contributed by atoms with Gasteiger partial charge in [0.1, 0.15) is 12.3 Å². The Morgan fingerprint density at radius 1 is 1.20 bits per heavy atom. The average Bonchev–Trinajstić information content (AvgIpc) is 2.76. The summed E-state index contributed by atoms with van der Waals surface area (Å²) in [6.45, 7) is -0.388. The Bertz CT molecular complexity index is 947. The normalized spacial score (nSPS) is 15.5. The number of thioether (sulfide) groups is 1. The highest BCUT2D eigenvalue weighted by atomic mass is 32.2. The molecule has 0 unspecified atom stereocenters. The van der Waals surface area contributed by atoms with E-state index >= 15 is 0 Å². The molecular weight excluding hydrogens is 408 g/mol. The molecule has 1 aliphatic heterocycles. The van der Waals surface area contributed by atoms with Gasteiger partial charge in [-0.1, -0.05) is 12.1 Å². The lowest BCUT2D eigenvalue weighted by atomic mass is 10.1. The Kier molecular flexibility index (Phi) is 6.96. The van der Waals surface area contributed by atoms with E-state index in [9.17, 15) is 19.5 Å². The van der Waals surface area contributed by atoms with E-state index in [1.807, 2.05) is 24.3 Å². The summed E-state index contributed by atoms with van der Waals surface area (Å²) in [5.74, 6) is -1.37. The maximum Gasteiger partial charge on any atom is 0.335 e. The third-order valence-corrected chi connectivity index (χ3v) is 6.15. The van der Waals surface area contributed by atoms with Crippen LogP contribution >= 0.6 is 11.8 Å². The number of benzene rings is 2. The van der Waals surface area contributed by atoms with Crippen LogP contribution in [-0.2, 0) is 16.0 Å². The van der Waals surface area contributed by atoms with Crippen molar-refractivity contribution in [3.8, 4) is 5.75 Å². The number of amides is 2. The van der Waals surface area contributed by atoms with Gasteiger partial charge >= 0.3 is 5.97 Å². The summed E-state index contributed by atoms with van der Waals surface area (Å²) in [5, 5.41) is 17.7. The van der Waals surface area contributed by atoms with Gasteiger partial charge < -0.3 is 14.7 Å². The van der Waals surface area contributed by atoms with Crippen LogP contribution in [0.1, 0.15) is 28.8 Å². The maximum atomic E-state index is 13.0. The summed E-state index contributed by atoms with van der Waals surface area (Å²) in [4.78, 5) is 38.0. The summed E-state index contributed by atoms with van der Waals surface area (Å²) in [5.41, 5.74) is 3.04. The van der Waals surface area contributed by atoms with Crippen LogP contribution in [0.3, 0.4) is 0 Å². The molecule has 0 spiro atoms. The molecule has 3 rings (SSSR count). The number of carboxylic acids is 1. The second kappa shape index (κ2) is 9.64. The number of hydrogen-bond donors (Lipinski definition) is 3. The van der Waals surface area contributed by atoms with Gasteiger partial charge in [0, 0.05) is 4.90 Å². The number of carbonyl (C=O) groups is 3. The lowest BCUT2D eigenvalue weighted by Gasteiger charge is -2.33. The topological polar surface area (TPSA) is 116 Å². The molecule has 1 heterocycles. The fourth-order valence-corrected chi connectivity index (χ4v) is 4.52. The molecule has 0 saturated heterocycles. The van der Waals surface area contributed by atoms with Gasteiger partial charge in [0.2, 0.25) is 5.91 Å². The second-order valence-electron chi connectivity index (χ2n) is 6.79. The van der Waals surface area contributed by atoms with Crippen molar-refractivity contribution in [3.05, 3.63) is 53.6 Å². The Morgan fingerprint density at radius 2 is 1.93 bits per heavy atom. The number of ether oxygens (including phenoxy) is 1. The van der Waals surface area contributed by atoms with Crippen LogP contribution in [0.2, 0.25) is 0 Å². The van der Waals surface area contributed by atoms with Gasteiger partial charge in [0.25, 0.3) is 5.91 Å². The van der Waals surface area contributed by atoms with E-state index in [0.29, 0.717) is 12.1 Å². The van der Waals surface area contributed by atoms with Crippen LogP contribution in [0.15, 0.2) is 47.4 Å². The molecule has 0 radical (unpaired) electrons. The summed E-state index contributed by atoms with van der Waals surface area (Å²) in [7, 11) is 1.61. The summed E-state index contributed by atoms with van der Waals surface area (Å²) < 4.78 is 5.15. The molecular formula is C21H22N2O6S. The first-order chi connectivity index (χ1) is 14.4. The minimum absolute atomic E-state index is 0.0227. The largest absolute Gasteiger partial charge is 0.497 e. The number of aryl methyl sites for hydroxylation is 1. The lowest BCUT2D eigenvalue weighted by molar-refractivity contribution is -0.129. The number of nitrogens with one attached hydrogen (secondary N) is 1. The molecule has 30 heavy (non-hydrogen) atoms. The zero-order valence-corrected chi connectivity index (χ0v) is 17.1. The van der Waals surface area contributed by atoms with Crippen molar-refractivity contribution in [2.24, 2.45) is 0 Å². The van der Waals surface area contributed by atoms with E-state index in [1.54, 1.807) is 13.2 Å². The first kappa shape index (κ1) is 21.7. The Morgan fingerprint density at radius 3 is 2.57 bits per heavy atom. The predicted octanol–water partition coefficient (Wildman–Crippen LogP) is 2.73. The van der Waals surface area contributed by atoms with Crippen molar-refractivity contribution in [2.75, 3.05) is 18.6 Å². The molecule has 2 aromatic carbocycles. The minimum Gasteiger partial charge on any atom is -0.497 e. The number of carboxylic acid groups (broad SMARTS) is 1. The number of nitrogens with zero attached hydrogens (tertiary/aromatic N) is 1. The molecule has 0 saturated carbocycles. The second-order valence-corrected chi connectivity index (χ2v) is 8.04. The van der Waals surface area contributed by atoms with Crippen molar-refractivity contribution < 1.29 is 29.4 Å². The predicted molar refractivity (Wildman–Crippen MR) is 111 cm³/mol. The molecule has 9 heteroatoms. The molecule has 2 aromatic rings. The van der Waals surface area contributed by atoms with Gasteiger partial charge in [-0.05, 0) is 55.2 Å². The van der Waals surface area contributed by atoms with Gasteiger partial charge in [-0.3, -0.25) is 14.8 Å². The zero-order chi connectivity index (χ0) is 21.7. The van der Waals surface area contributed by atoms with Gasteiger partial charge in [0.15, 0.2) is 0 Å². The standard InChI is InChI=1S/C21H22N2O6S/c1-29-15-8-5-13(6-9-15)3-2-4-18-20(25)23(12-19(24)22-28)16-11-14(21(26)27)7-10-17(16)30-18/h5-11,18,28H,2-4,12H2,1H3,(H,22,24)(H,26,27)/t18-/m1/s1. The fraction of sp³-hybridized carbons (Fsp3) is 0.286. The molecule has 8 nitrogen and oxygen atoms in total. The monoisotopic (exact) mass is 430 g/mol. The highest BCUT2D eigenvalue weighted by molar-refractivity contribution is 8.01. The molecule has 3 N–H and O–H groups in total. The van der Waals surface area contributed by atoms with Crippen molar-refractivity contribution in [1.29, 1.82) is 0 Å². The van der Waals surface area contributed by atoms with Crippen LogP contribution in [0.4, 0.5) is 5.69 Å². The molecule has 2 amide bonds. The highest BCUT2D eigenvalue weighted by Gasteiger charge is 2.34. The lowest BCUT2D eigenvalue weighted by Crippen LogP contribution is -2.46. The number of fused-ring (bicyclic) bond motifs is 1. The van der Waals surface area contributed by atoms with Gasteiger partial charge in [-0.25, -0.2) is 10.3 Å². The van der Waals surface area contributed by atoms with Crippen LogP contribution in [0.5, 0.6) is 5.75 Å². The number of aromatic carboxylic acids is 1. The number of rotatable bonds is 8. The van der Waals surface area contributed by atoms with Crippen molar-refractivity contribution in [2.45, 2.75) is 29.4 Å². The first-order valence-electron chi connectivity index (χ1n) is 9.34. The third kappa shape index (κ3) is 4.92. The molecule has 1 atom stereocenters. The van der Waals surface area contributed by atoms with Crippen molar-refractivity contribution in [3.63, 3.8) is 0 Å². The van der Waals surface area contributed by atoms with Crippen molar-refractivity contribution >= 4 is 35.2 Å². The quantitative estimate of drug-likeness (QED) is 0.436. The summed E-state index contributed by atoms with van der Waals surface area (Å²) in [6, 6.07) is 12.2. The van der Waals surface area contributed by atoms with Crippen LogP contribution in [-0.4, -0.2) is 47.0 Å². The van der Waals surface area contributed by atoms with Gasteiger partial charge in [-0.15, -0.1) is 11.8 Å².